The first-order valence-corrected chi connectivity index (χ1v) is 6.82. The molecule has 3 nitrogen and oxygen atoms in total. The van der Waals surface area contributed by atoms with Crippen molar-refractivity contribution in [3.63, 3.8) is 0 Å². The molecule has 1 aliphatic heterocycles. The molecule has 0 saturated carbocycles. The summed E-state index contributed by atoms with van der Waals surface area (Å²) in [6, 6.07) is 6.52. The number of benzene rings is 1. The van der Waals surface area contributed by atoms with Crippen molar-refractivity contribution in [3.8, 4) is 0 Å². The normalized spacial score (nSPS) is 14.4. The molecule has 98 valence electrons. The van der Waals surface area contributed by atoms with E-state index >= 15 is 0 Å². The second-order valence-electron chi connectivity index (χ2n) is 4.98. The molecule has 0 fully saturated rings. The molecule has 0 aliphatic carbocycles. The van der Waals surface area contributed by atoms with E-state index in [-0.39, 0.29) is 5.91 Å². The third-order valence-corrected chi connectivity index (χ3v) is 3.56. The van der Waals surface area contributed by atoms with Crippen LogP contribution in [0.15, 0.2) is 18.2 Å². The standard InChI is InChI=1S/C15H22N2O/c1-12(18)17-10-4-6-14-11-13(5-2-3-9-16)7-8-15(14)17/h7-8,11H,2-6,9-10,16H2,1H3. The lowest BCUT2D eigenvalue weighted by Crippen LogP contribution is -2.33. The summed E-state index contributed by atoms with van der Waals surface area (Å²) in [5.41, 5.74) is 9.31. The zero-order chi connectivity index (χ0) is 13.0. The second-order valence-corrected chi connectivity index (χ2v) is 4.98. The Bertz CT molecular complexity index is 429. The predicted octanol–water partition coefficient (Wildman–Crippen LogP) is 2.27. The molecule has 1 heterocycles. The van der Waals surface area contributed by atoms with Crippen LogP contribution in [0.2, 0.25) is 0 Å². The highest BCUT2D eigenvalue weighted by atomic mass is 16.2. The Hall–Kier alpha value is -1.35. The minimum absolute atomic E-state index is 0.145. The number of anilines is 1. The Labute approximate surface area is 109 Å². The van der Waals surface area contributed by atoms with E-state index in [2.05, 4.69) is 18.2 Å². The lowest BCUT2D eigenvalue weighted by atomic mass is 9.97. The maximum absolute atomic E-state index is 11.6. The van der Waals surface area contributed by atoms with Gasteiger partial charge in [0.2, 0.25) is 5.91 Å². The van der Waals surface area contributed by atoms with Gasteiger partial charge in [-0.3, -0.25) is 4.79 Å². The summed E-state index contributed by atoms with van der Waals surface area (Å²) >= 11 is 0. The topological polar surface area (TPSA) is 46.3 Å². The van der Waals surface area contributed by atoms with E-state index in [0.29, 0.717) is 0 Å². The SMILES string of the molecule is CC(=O)N1CCCc2cc(CCCCN)ccc21. The van der Waals surface area contributed by atoms with Gasteiger partial charge in [0, 0.05) is 19.2 Å². The Balaban J connectivity index is 2.14. The smallest absolute Gasteiger partial charge is 0.223 e. The van der Waals surface area contributed by atoms with Gasteiger partial charge in [-0.15, -0.1) is 0 Å². The van der Waals surface area contributed by atoms with Gasteiger partial charge in [0.15, 0.2) is 0 Å². The minimum Gasteiger partial charge on any atom is -0.330 e. The summed E-state index contributed by atoms with van der Waals surface area (Å²) in [7, 11) is 0. The van der Waals surface area contributed by atoms with E-state index in [1.807, 2.05) is 4.90 Å². The monoisotopic (exact) mass is 246 g/mol. The lowest BCUT2D eigenvalue weighted by Gasteiger charge is -2.29. The maximum Gasteiger partial charge on any atom is 0.223 e. The number of fused-ring (bicyclic) bond motifs is 1. The fourth-order valence-electron chi connectivity index (χ4n) is 2.61. The van der Waals surface area contributed by atoms with E-state index in [9.17, 15) is 4.79 Å². The number of unbranched alkanes of at least 4 members (excludes halogenated alkanes) is 1. The summed E-state index contributed by atoms with van der Waals surface area (Å²) in [4.78, 5) is 13.5. The number of rotatable bonds is 4. The van der Waals surface area contributed by atoms with Gasteiger partial charge in [0.25, 0.3) is 0 Å². The Morgan fingerprint density at radius 2 is 2.22 bits per heavy atom. The molecule has 1 aliphatic rings. The molecule has 3 heteroatoms. The van der Waals surface area contributed by atoms with Crippen molar-refractivity contribution < 1.29 is 4.79 Å². The highest BCUT2D eigenvalue weighted by Crippen LogP contribution is 2.28. The first-order valence-electron chi connectivity index (χ1n) is 6.82. The number of aryl methyl sites for hydroxylation is 2. The van der Waals surface area contributed by atoms with Crippen molar-refractivity contribution in [2.75, 3.05) is 18.0 Å². The van der Waals surface area contributed by atoms with Crippen molar-refractivity contribution in [3.05, 3.63) is 29.3 Å². The minimum atomic E-state index is 0.145. The average Bonchev–Trinajstić information content (AvgIpc) is 2.38. The maximum atomic E-state index is 11.6. The molecule has 2 N–H and O–H groups in total. The summed E-state index contributed by atoms with van der Waals surface area (Å²) in [6.07, 6.45) is 5.47. The van der Waals surface area contributed by atoms with Crippen LogP contribution in [-0.4, -0.2) is 19.0 Å². The van der Waals surface area contributed by atoms with E-state index in [0.717, 1.165) is 50.9 Å². The molecule has 0 spiro atoms. The van der Waals surface area contributed by atoms with Crippen molar-refractivity contribution in [2.24, 2.45) is 5.73 Å². The molecule has 1 aromatic rings. The second kappa shape index (κ2) is 6.01. The summed E-state index contributed by atoms with van der Waals surface area (Å²) < 4.78 is 0. The molecule has 2 rings (SSSR count). The fraction of sp³-hybridized carbons (Fsp3) is 0.533. The van der Waals surface area contributed by atoms with Crippen LogP contribution in [0.25, 0.3) is 0 Å². The molecule has 0 saturated heterocycles. The van der Waals surface area contributed by atoms with Gasteiger partial charge in [-0.2, -0.15) is 0 Å². The zero-order valence-electron chi connectivity index (χ0n) is 11.1. The van der Waals surface area contributed by atoms with Crippen LogP contribution in [0, 0.1) is 0 Å². The van der Waals surface area contributed by atoms with Crippen LogP contribution in [0.4, 0.5) is 5.69 Å². The third-order valence-electron chi connectivity index (χ3n) is 3.56. The molecular formula is C15H22N2O. The summed E-state index contributed by atoms with van der Waals surface area (Å²) in [5, 5.41) is 0. The lowest BCUT2D eigenvalue weighted by molar-refractivity contribution is -0.116. The summed E-state index contributed by atoms with van der Waals surface area (Å²) in [5.74, 6) is 0.145. The summed E-state index contributed by atoms with van der Waals surface area (Å²) in [6.45, 7) is 3.27. The molecular weight excluding hydrogens is 224 g/mol. The van der Waals surface area contributed by atoms with Crippen molar-refractivity contribution in [1.82, 2.24) is 0 Å². The zero-order valence-corrected chi connectivity index (χ0v) is 11.1. The molecule has 0 aromatic heterocycles. The van der Waals surface area contributed by atoms with Crippen LogP contribution >= 0.6 is 0 Å². The van der Waals surface area contributed by atoms with Gasteiger partial charge in [-0.25, -0.2) is 0 Å². The van der Waals surface area contributed by atoms with Crippen molar-refractivity contribution >= 4 is 11.6 Å². The molecule has 0 atom stereocenters. The van der Waals surface area contributed by atoms with E-state index in [1.54, 1.807) is 6.92 Å². The van der Waals surface area contributed by atoms with Gasteiger partial charge < -0.3 is 10.6 Å². The molecule has 18 heavy (non-hydrogen) atoms. The highest BCUT2D eigenvalue weighted by molar-refractivity contribution is 5.92. The molecule has 0 bridgehead atoms. The fourth-order valence-corrected chi connectivity index (χ4v) is 2.61. The molecule has 0 unspecified atom stereocenters. The Morgan fingerprint density at radius 3 is 2.94 bits per heavy atom. The number of amides is 1. The molecule has 0 radical (unpaired) electrons. The third kappa shape index (κ3) is 2.91. The van der Waals surface area contributed by atoms with Gasteiger partial charge >= 0.3 is 0 Å². The van der Waals surface area contributed by atoms with Gasteiger partial charge in [-0.05, 0) is 55.8 Å². The van der Waals surface area contributed by atoms with Crippen molar-refractivity contribution in [1.29, 1.82) is 0 Å². The predicted molar refractivity (Wildman–Crippen MR) is 74.8 cm³/mol. The number of carbonyl (C=O) groups excluding carboxylic acids is 1. The van der Waals surface area contributed by atoms with Gasteiger partial charge in [-0.1, -0.05) is 12.1 Å². The van der Waals surface area contributed by atoms with Crippen LogP contribution in [0.5, 0.6) is 0 Å². The van der Waals surface area contributed by atoms with E-state index in [4.69, 9.17) is 5.73 Å². The number of hydrogen-bond acceptors (Lipinski definition) is 2. The Morgan fingerprint density at radius 1 is 1.39 bits per heavy atom. The van der Waals surface area contributed by atoms with Crippen LogP contribution in [-0.2, 0) is 17.6 Å². The highest BCUT2D eigenvalue weighted by Gasteiger charge is 2.19. The van der Waals surface area contributed by atoms with Gasteiger partial charge in [0.1, 0.15) is 0 Å². The molecule has 1 amide bonds. The van der Waals surface area contributed by atoms with Crippen LogP contribution < -0.4 is 10.6 Å². The van der Waals surface area contributed by atoms with Crippen molar-refractivity contribution in [2.45, 2.75) is 39.0 Å². The van der Waals surface area contributed by atoms with Crippen LogP contribution in [0.1, 0.15) is 37.3 Å². The first-order chi connectivity index (χ1) is 8.72. The number of hydrogen-bond donors (Lipinski definition) is 1. The van der Waals surface area contributed by atoms with Gasteiger partial charge in [0.05, 0.1) is 0 Å². The first kappa shape index (κ1) is 13.1. The van der Waals surface area contributed by atoms with Crippen LogP contribution in [0.3, 0.4) is 0 Å². The quantitative estimate of drug-likeness (QED) is 0.828. The Kier molecular flexibility index (Phi) is 4.37. The largest absolute Gasteiger partial charge is 0.330 e. The van der Waals surface area contributed by atoms with E-state index < -0.39 is 0 Å². The number of nitrogens with two attached hydrogens (primary N) is 1. The van der Waals surface area contributed by atoms with E-state index in [1.165, 1.54) is 11.1 Å². The number of nitrogens with zero attached hydrogens (tertiary/aromatic N) is 1. The number of carbonyl (C=O) groups is 1. The molecule has 1 aromatic carbocycles. The average molecular weight is 246 g/mol.